The number of nitrogens with one attached hydrogen (secondary N) is 17. The minimum atomic E-state index is -0.588. The first-order chi connectivity index (χ1) is 64.5. The van der Waals surface area contributed by atoms with Crippen molar-refractivity contribution >= 4 is 143 Å². The molecule has 1 saturated heterocycles. The normalized spacial score (nSPS) is 14.7. The summed E-state index contributed by atoms with van der Waals surface area (Å²) in [5.41, 5.74) is 8.15. The number of aromatic nitrogens is 24. The lowest BCUT2D eigenvalue weighted by Crippen LogP contribution is -2.34. The minimum absolute atomic E-state index is 0.128. The van der Waals surface area contributed by atoms with E-state index in [4.69, 9.17) is 29.2 Å². The molecule has 5 aliphatic rings. The molecule has 133 heavy (non-hydrogen) atoms. The standard InChI is InChI=1S/C24H28N8O2S.C22H25N9O2S.C22H26N8O2S.C21H23N7O2S/c1-32-8-6-16(7-9-32)34-13-15-10-21(26-22-12-19(28-30-22)14-2-3-14)27-24(25-15)35-17-4-5-18-20(11-17)29-31-23(18)33;1-31(2)8-7-23-21(33)17-11-18(25-19-10-15(27-29-19)12-3-4-12)26-22(24-17)34-13-5-6-14-16(9-13)28-30-20(14)32;1-30(2)8-3-9-32-20-12-18(23-19-11-16(26-28-19)13-4-5-13)24-22(25-20)33-14-6-7-15-17(10-14)27-29-21(15)31;1-21(2,30-3)16-10-17(23-18-9-14(25-27-18)11-4-5-11)24-20(22-16)31-12-6-7-13-15(8-12)26-28-19(13)29/h4-5,10-12,14,16H,2-3,6-9,13H2,1H3,(H2,29,31,33)(H2,25,26,27,28,30);5-6,9-12H,3-4,7-8H2,1-2H3,(H,23,33)(H2,28,30,32)(H2,24,25,26,27,29);6-7,10-13H,3-5,8-9H2,1-2H3,(H2,27,29,31)(H2,23,24,25,26,28);6-11H,4-5H2,1-3H3,(H2,26,28,29)(H2,22,23,24,25,27). The van der Waals surface area contributed by atoms with E-state index < -0.39 is 5.60 Å². The maximum Gasteiger partial charge on any atom is 0.271 e. The molecule has 21 rings (SSSR count). The first-order valence-corrected chi connectivity index (χ1v) is 47.2. The highest BCUT2D eigenvalue weighted by Crippen LogP contribution is 2.44. The molecule has 4 aromatic carbocycles. The van der Waals surface area contributed by atoms with Crippen LogP contribution in [0.2, 0.25) is 0 Å². The van der Waals surface area contributed by atoms with Gasteiger partial charge in [0.2, 0.25) is 5.88 Å². The van der Waals surface area contributed by atoms with Crippen molar-refractivity contribution < 1.29 is 19.0 Å². The summed E-state index contributed by atoms with van der Waals surface area (Å²) in [4.78, 5) is 107. The Kier molecular flexibility index (Phi) is 27.5. The van der Waals surface area contributed by atoms with Gasteiger partial charge in [-0.05, 0) is 240 Å². The molecule has 4 aliphatic carbocycles. The Morgan fingerprint density at radius 2 is 0.812 bits per heavy atom. The summed E-state index contributed by atoms with van der Waals surface area (Å²) in [6, 6.07) is 37.5. The molecule has 0 unspecified atom stereocenters. The second-order valence-electron chi connectivity index (χ2n) is 34.3. The predicted molar refractivity (Wildman–Crippen MR) is 511 cm³/mol. The van der Waals surface area contributed by atoms with Crippen molar-refractivity contribution in [3.8, 4) is 5.88 Å². The van der Waals surface area contributed by atoms with Crippen LogP contribution in [0.3, 0.4) is 0 Å². The van der Waals surface area contributed by atoms with Gasteiger partial charge in [-0.2, -0.15) is 25.4 Å². The van der Waals surface area contributed by atoms with E-state index in [1.807, 2.05) is 132 Å². The summed E-state index contributed by atoms with van der Waals surface area (Å²) in [7, 11) is 11.8. The minimum Gasteiger partial charge on any atom is -0.477 e. The molecule has 0 spiro atoms. The van der Waals surface area contributed by atoms with Crippen molar-refractivity contribution in [3.63, 3.8) is 0 Å². The van der Waals surface area contributed by atoms with Crippen molar-refractivity contribution in [1.29, 1.82) is 0 Å². The van der Waals surface area contributed by atoms with Gasteiger partial charge in [-0.25, -0.2) is 34.9 Å². The summed E-state index contributed by atoms with van der Waals surface area (Å²) < 4.78 is 17.8. The number of carbonyl (C=O) groups is 1. The highest BCUT2D eigenvalue weighted by Gasteiger charge is 2.31. The Labute approximate surface area is 776 Å². The van der Waals surface area contributed by atoms with E-state index in [0.29, 0.717) is 126 Å². The Hall–Kier alpha value is -13.2. The van der Waals surface area contributed by atoms with Gasteiger partial charge in [0.25, 0.3) is 28.1 Å². The first kappa shape index (κ1) is 90.3. The van der Waals surface area contributed by atoms with Crippen LogP contribution in [-0.4, -0.2) is 230 Å². The lowest BCUT2D eigenvalue weighted by molar-refractivity contribution is 0.000539. The number of H-pyrrole nitrogens is 12. The monoisotopic (exact) mass is 1870 g/mol. The van der Waals surface area contributed by atoms with Gasteiger partial charge in [0.15, 0.2) is 43.9 Å². The molecule has 0 bridgehead atoms. The number of carbonyl (C=O) groups excluding carboxylic acids is 1. The molecule has 4 saturated carbocycles. The third kappa shape index (κ3) is 24.0. The molecule has 40 nitrogen and oxygen atoms in total. The van der Waals surface area contributed by atoms with E-state index in [1.54, 1.807) is 37.4 Å². The summed E-state index contributed by atoms with van der Waals surface area (Å²) in [5.74, 6) is 7.79. The van der Waals surface area contributed by atoms with Crippen LogP contribution in [0.5, 0.6) is 5.88 Å². The molecule has 5 fully saturated rings. The number of benzene rings is 4. The topological polar surface area (TPSA) is 527 Å². The number of amides is 1. The van der Waals surface area contributed by atoms with Crippen molar-refractivity contribution in [2.75, 3.05) is 103 Å². The van der Waals surface area contributed by atoms with Crippen molar-refractivity contribution in [3.05, 3.63) is 203 Å². The third-order valence-electron chi connectivity index (χ3n) is 22.7. The fraction of sp³-hybridized carbons (Fsp3) is 0.360. The van der Waals surface area contributed by atoms with Gasteiger partial charge in [0, 0.05) is 154 Å². The maximum atomic E-state index is 12.8. The number of aromatic amines is 12. The molecule has 13 heterocycles. The average Bonchev–Trinajstić information content (AvgIpc) is 1.73. The number of hydrogen-bond acceptors (Lipinski definition) is 31. The number of anilines is 8. The van der Waals surface area contributed by atoms with Crippen molar-refractivity contribution in [1.82, 2.24) is 141 Å². The number of nitrogens with zero attached hydrogens (tertiary/aromatic N) is 15. The zero-order chi connectivity index (χ0) is 91.8. The average molecular weight is 1880 g/mol. The van der Waals surface area contributed by atoms with Crippen LogP contribution < -0.4 is 53.6 Å². The van der Waals surface area contributed by atoms with Crippen LogP contribution >= 0.6 is 47.0 Å². The second kappa shape index (κ2) is 40.5. The van der Waals surface area contributed by atoms with Crippen LogP contribution in [-0.2, 0) is 21.7 Å². The van der Waals surface area contributed by atoms with Crippen molar-refractivity contribution in [2.24, 2.45) is 0 Å². The smallest absolute Gasteiger partial charge is 0.271 e. The third-order valence-corrected chi connectivity index (χ3v) is 26.1. The number of ether oxygens (including phenoxy) is 3. The number of fused-ring (bicyclic) bond motifs is 4. The molecule has 690 valence electrons. The molecular weight excluding hydrogens is 1770 g/mol. The van der Waals surface area contributed by atoms with E-state index in [2.05, 4.69) is 156 Å². The number of piperidine rings is 1. The molecule has 1 amide bonds. The van der Waals surface area contributed by atoms with Crippen LogP contribution in [0, 0.1) is 0 Å². The van der Waals surface area contributed by atoms with E-state index in [1.165, 1.54) is 98.4 Å². The van der Waals surface area contributed by atoms with E-state index in [9.17, 15) is 24.0 Å². The summed E-state index contributed by atoms with van der Waals surface area (Å²) in [6.07, 6.45) is 12.8. The summed E-state index contributed by atoms with van der Waals surface area (Å²) >= 11 is 5.56. The SMILES string of the molecule is CN(C)CCCOc1cc(Nc2cc(C3CC3)[nH]n2)nc(Sc2ccc3c(=O)[nH][nH]c3c2)n1.CN(C)CCNC(=O)c1cc(Nc2cc(C3CC3)[nH]n2)nc(Sc2ccc3c(=O)[nH][nH]c3c2)n1.CN1CCC(OCc2cc(Nc3cc(C4CC4)[nH]n3)nc(Sc3ccc4c(=O)[nH][nH]c4c3)n2)CC1.COC(C)(C)c1cc(Nc2cc(C3CC3)[nH]n2)nc(Sc2ccc3c(=O)[nH][nH]c3c2)n1. The van der Waals surface area contributed by atoms with Crippen LogP contribution in [0.25, 0.3) is 43.6 Å². The van der Waals surface area contributed by atoms with Gasteiger partial charge in [0.05, 0.1) is 74.3 Å². The lowest BCUT2D eigenvalue weighted by atomic mass is 10.1. The molecule has 0 radical (unpaired) electrons. The zero-order valence-electron chi connectivity index (χ0n) is 74.3. The second-order valence-corrected chi connectivity index (χ2v) is 38.5. The fourth-order valence-corrected chi connectivity index (χ4v) is 17.8. The van der Waals surface area contributed by atoms with Gasteiger partial charge in [-0.1, -0.05) is 0 Å². The number of likely N-dealkylation sites (tertiary alicyclic amines) is 1. The summed E-state index contributed by atoms with van der Waals surface area (Å²) in [5, 5.41) is 72.3. The Bertz CT molecular complexity index is 7030. The lowest BCUT2D eigenvalue weighted by Gasteiger charge is -2.28. The van der Waals surface area contributed by atoms with Gasteiger partial charge in [-0.15, -0.1) is 0 Å². The molecule has 0 atom stereocenters. The Morgan fingerprint density at radius 3 is 1.21 bits per heavy atom. The Balaban J connectivity index is 0.000000119. The first-order valence-electron chi connectivity index (χ1n) is 43.9. The predicted octanol–water partition coefficient (Wildman–Crippen LogP) is 13.7. The molecule has 17 N–H and O–H groups in total. The molecule has 44 heteroatoms. The fourth-order valence-electron chi connectivity index (χ4n) is 14.5. The molecule has 12 aromatic heterocycles. The molecular formula is C89H102N32O8S4. The Morgan fingerprint density at radius 1 is 0.436 bits per heavy atom. The number of likely N-dealkylation sites (N-methyl/N-ethyl adjacent to an activating group) is 1. The van der Waals surface area contributed by atoms with Gasteiger partial charge in [-0.3, -0.25) is 85.2 Å². The van der Waals surface area contributed by atoms with Gasteiger partial charge < -0.3 is 55.5 Å². The largest absolute Gasteiger partial charge is 0.477 e. The number of rotatable bonds is 34. The van der Waals surface area contributed by atoms with E-state index in [0.717, 1.165) is 133 Å². The highest BCUT2D eigenvalue weighted by atomic mass is 32.2. The van der Waals surface area contributed by atoms with Crippen LogP contribution in [0.4, 0.5) is 46.5 Å². The van der Waals surface area contributed by atoms with Crippen molar-refractivity contribution in [2.45, 2.75) is 167 Å². The molecule has 16 aromatic rings. The quantitative estimate of drug-likeness (QED) is 0.0132. The highest BCUT2D eigenvalue weighted by molar-refractivity contribution is 8.00. The van der Waals surface area contributed by atoms with Crippen LogP contribution in [0.1, 0.15) is 153 Å². The number of hydrogen-bond donors (Lipinski definition) is 17. The molecule has 1 aliphatic heterocycles. The van der Waals surface area contributed by atoms with Gasteiger partial charge in [0.1, 0.15) is 34.6 Å². The maximum absolute atomic E-state index is 12.8. The van der Waals surface area contributed by atoms with Gasteiger partial charge >= 0.3 is 0 Å². The van der Waals surface area contributed by atoms with E-state index in [-0.39, 0.29) is 39.9 Å². The summed E-state index contributed by atoms with van der Waals surface area (Å²) in [6.45, 7) is 9.17. The van der Waals surface area contributed by atoms with Crippen LogP contribution in [0.15, 0.2) is 181 Å². The van der Waals surface area contributed by atoms with E-state index >= 15 is 0 Å². The zero-order valence-corrected chi connectivity index (χ0v) is 77.5. The number of methoxy groups -OCH3 is 1.